The van der Waals surface area contributed by atoms with Crippen molar-refractivity contribution >= 4 is 0 Å². The highest BCUT2D eigenvalue weighted by Gasteiger charge is 2.13. The van der Waals surface area contributed by atoms with Crippen LogP contribution in [0.2, 0.25) is 0 Å². The predicted octanol–water partition coefficient (Wildman–Crippen LogP) is 4.06. The lowest BCUT2D eigenvalue weighted by Gasteiger charge is -2.19. The fourth-order valence-electron chi connectivity index (χ4n) is 1.99. The number of aryl methyl sites for hydroxylation is 1. The molecule has 2 nitrogen and oxygen atoms in total. The van der Waals surface area contributed by atoms with Gasteiger partial charge in [0.1, 0.15) is 5.75 Å². The largest absolute Gasteiger partial charge is 0.506 e. The molecule has 0 spiro atoms. The normalized spacial score (nSPS) is 11.6. The number of benzene rings is 1. The number of nitrogens with zero attached hydrogens (tertiary/aromatic N) is 1. The van der Waals surface area contributed by atoms with Gasteiger partial charge in [-0.3, -0.25) is 4.98 Å². The molecule has 1 aromatic heterocycles. The van der Waals surface area contributed by atoms with Crippen LogP contribution in [0, 0.1) is 6.92 Å². The summed E-state index contributed by atoms with van der Waals surface area (Å²) in [7, 11) is 0. The zero-order valence-corrected chi connectivity index (χ0v) is 11.4. The molecular weight excluding hydrogens is 222 g/mol. The Labute approximate surface area is 108 Å². The maximum Gasteiger partial charge on any atom is 0.134 e. The van der Waals surface area contributed by atoms with E-state index in [1.54, 1.807) is 6.07 Å². The number of hydrogen-bond acceptors (Lipinski definition) is 2. The third-order valence-electron chi connectivity index (χ3n) is 3.09. The summed E-state index contributed by atoms with van der Waals surface area (Å²) < 4.78 is 0. The number of aromatic hydroxyl groups is 1. The van der Waals surface area contributed by atoms with Crippen LogP contribution in [-0.4, -0.2) is 10.1 Å². The van der Waals surface area contributed by atoms with Crippen molar-refractivity contribution in [3.63, 3.8) is 0 Å². The average molecular weight is 241 g/mol. The van der Waals surface area contributed by atoms with Crippen LogP contribution >= 0.6 is 0 Å². The van der Waals surface area contributed by atoms with Gasteiger partial charge in [-0.05, 0) is 29.5 Å². The summed E-state index contributed by atoms with van der Waals surface area (Å²) >= 11 is 0. The van der Waals surface area contributed by atoms with Crippen molar-refractivity contribution in [2.24, 2.45) is 0 Å². The summed E-state index contributed by atoms with van der Waals surface area (Å²) in [5, 5.41) is 9.37. The second-order valence-corrected chi connectivity index (χ2v) is 5.69. The molecule has 0 saturated heterocycles. The molecule has 2 rings (SSSR count). The molecule has 0 aliphatic carbocycles. The molecule has 18 heavy (non-hydrogen) atoms. The van der Waals surface area contributed by atoms with Crippen LogP contribution < -0.4 is 0 Å². The van der Waals surface area contributed by atoms with Crippen LogP contribution in [0.4, 0.5) is 0 Å². The van der Waals surface area contributed by atoms with Gasteiger partial charge in [0.2, 0.25) is 0 Å². The van der Waals surface area contributed by atoms with Crippen molar-refractivity contribution < 1.29 is 5.11 Å². The SMILES string of the molecule is Cc1cc(O)cnc1-c1ccc(C(C)(C)C)cc1. The molecule has 1 aromatic carbocycles. The Bertz CT molecular complexity index is 550. The van der Waals surface area contributed by atoms with E-state index in [-0.39, 0.29) is 11.2 Å². The van der Waals surface area contributed by atoms with E-state index in [0.717, 1.165) is 16.8 Å². The summed E-state index contributed by atoms with van der Waals surface area (Å²) in [6.07, 6.45) is 1.49. The van der Waals surface area contributed by atoms with E-state index in [9.17, 15) is 5.11 Å². The Kier molecular flexibility index (Phi) is 3.12. The highest BCUT2D eigenvalue weighted by atomic mass is 16.3. The summed E-state index contributed by atoms with van der Waals surface area (Å²) in [6.45, 7) is 8.56. The standard InChI is InChI=1S/C16H19NO/c1-11-9-14(18)10-17-15(11)12-5-7-13(8-6-12)16(2,3)4/h5-10,18H,1-4H3. The Morgan fingerprint density at radius 3 is 2.17 bits per heavy atom. The molecule has 0 aliphatic rings. The highest BCUT2D eigenvalue weighted by Crippen LogP contribution is 2.27. The first kappa shape index (κ1) is 12.6. The molecule has 0 saturated carbocycles. The van der Waals surface area contributed by atoms with Gasteiger partial charge in [-0.2, -0.15) is 0 Å². The Morgan fingerprint density at radius 1 is 1.06 bits per heavy atom. The van der Waals surface area contributed by atoms with Crippen molar-refractivity contribution in [2.45, 2.75) is 33.1 Å². The van der Waals surface area contributed by atoms with Crippen molar-refractivity contribution in [1.82, 2.24) is 4.98 Å². The zero-order chi connectivity index (χ0) is 13.3. The van der Waals surface area contributed by atoms with Crippen LogP contribution in [0.1, 0.15) is 31.9 Å². The van der Waals surface area contributed by atoms with E-state index < -0.39 is 0 Å². The van der Waals surface area contributed by atoms with Gasteiger partial charge in [-0.25, -0.2) is 0 Å². The second-order valence-electron chi connectivity index (χ2n) is 5.69. The van der Waals surface area contributed by atoms with Gasteiger partial charge in [-0.1, -0.05) is 45.0 Å². The zero-order valence-electron chi connectivity index (χ0n) is 11.4. The first-order valence-electron chi connectivity index (χ1n) is 6.14. The molecule has 2 heteroatoms. The number of aromatic nitrogens is 1. The minimum atomic E-state index is 0.163. The topological polar surface area (TPSA) is 33.1 Å². The van der Waals surface area contributed by atoms with Crippen LogP contribution in [0.3, 0.4) is 0 Å². The van der Waals surface area contributed by atoms with E-state index in [4.69, 9.17) is 0 Å². The minimum Gasteiger partial charge on any atom is -0.506 e. The number of pyridine rings is 1. The van der Waals surface area contributed by atoms with Crippen LogP contribution in [-0.2, 0) is 5.41 Å². The third-order valence-corrected chi connectivity index (χ3v) is 3.09. The monoisotopic (exact) mass is 241 g/mol. The molecule has 0 radical (unpaired) electrons. The highest BCUT2D eigenvalue weighted by molar-refractivity contribution is 5.63. The van der Waals surface area contributed by atoms with Crippen molar-refractivity contribution in [1.29, 1.82) is 0 Å². The van der Waals surface area contributed by atoms with Gasteiger partial charge in [0.15, 0.2) is 0 Å². The lowest BCUT2D eigenvalue weighted by atomic mass is 9.86. The maximum absolute atomic E-state index is 9.37. The number of hydrogen-bond donors (Lipinski definition) is 1. The third kappa shape index (κ3) is 2.53. The minimum absolute atomic E-state index is 0.163. The van der Waals surface area contributed by atoms with Gasteiger partial charge in [0.25, 0.3) is 0 Å². The predicted molar refractivity (Wildman–Crippen MR) is 74.8 cm³/mol. The van der Waals surface area contributed by atoms with E-state index >= 15 is 0 Å². The molecule has 94 valence electrons. The molecule has 0 amide bonds. The molecule has 0 aliphatic heterocycles. The number of rotatable bonds is 1. The lowest BCUT2D eigenvalue weighted by Crippen LogP contribution is -2.10. The van der Waals surface area contributed by atoms with Crippen LogP contribution in [0.15, 0.2) is 36.5 Å². The van der Waals surface area contributed by atoms with E-state index in [2.05, 4.69) is 50.0 Å². The molecule has 1 N–H and O–H groups in total. The summed E-state index contributed by atoms with van der Waals surface area (Å²) in [6, 6.07) is 10.2. The van der Waals surface area contributed by atoms with Crippen molar-refractivity contribution in [3.05, 3.63) is 47.7 Å². The molecule has 2 aromatic rings. The Hall–Kier alpha value is -1.83. The fourth-order valence-corrected chi connectivity index (χ4v) is 1.99. The molecule has 1 heterocycles. The Morgan fingerprint density at radius 2 is 1.67 bits per heavy atom. The van der Waals surface area contributed by atoms with Crippen molar-refractivity contribution in [2.75, 3.05) is 0 Å². The van der Waals surface area contributed by atoms with Gasteiger partial charge < -0.3 is 5.11 Å². The van der Waals surface area contributed by atoms with Crippen LogP contribution in [0.5, 0.6) is 5.75 Å². The molecule has 0 unspecified atom stereocenters. The summed E-state index contributed by atoms with van der Waals surface area (Å²) in [5.74, 6) is 0.211. The first-order chi connectivity index (χ1) is 8.38. The van der Waals surface area contributed by atoms with Crippen molar-refractivity contribution in [3.8, 4) is 17.0 Å². The molecule has 0 fully saturated rings. The quantitative estimate of drug-likeness (QED) is 0.816. The average Bonchev–Trinajstić information content (AvgIpc) is 2.28. The molecular formula is C16H19NO. The van der Waals surface area contributed by atoms with Gasteiger partial charge in [0.05, 0.1) is 11.9 Å². The molecule has 0 atom stereocenters. The fraction of sp³-hybridized carbons (Fsp3) is 0.312. The maximum atomic E-state index is 9.37. The summed E-state index contributed by atoms with van der Waals surface area (Å²) in [5.41, 5.74) is 4.46. The lowest BCUT2D eigenvalue weighted by molar-refractivity contribution is 0.472. The van der Waals surface area contributed by atoms with E-state index in [1.165, 1.54) is 11.8 Å². The van der Waals surface area contributed by atoms with Gasteiger partial charge in [-0.15, -0.1) is 0 Å². The molecule has 0 bridgehead atoms. The van der Waals surface area contributed by atoms with E-state index in [1.807, 2.05) is 6.92 Å². The van der Waals surface area contributed by atoms with E-state index in [0.29, 0.717) is 0 Å². The summed E-state index contributed by atoms with van der Waals surface area (Å²) in [4.78, 5) is 4.29. The van der Waals surface area contributed by atoms with Gasteiger partial charge >= 0.3 is 0 Å². The first-order valence-corrected chi connectivity index (χ1v) is 6.14. The second kappa shape index (κ2) is 4.45. The smallest absolute Gasteiger partial charge is 0.134 e. The van der Waals surface area contributed by atoms with Crippen LogP contribution in [0.25, 0.3) is 11.3 Å². The Balaban J connectivity index is 2.41. The van der Waals surface area contributed by atoms with Gasteiger partial charge in [0, 0.05) is 5.56 Å².